The van der Waals surface area contributed by atoms with Gasteiger partial charge in [0.05, 0.1) is 18.3 Å². The molecule has 6 nitrogen and oxygen atoms in total. The molecule has 0 bridgehead atoms. The van der Waals surface area contributed by atoms with Crippen molar-refractivity contribution in [3.63, 3.8) is 0 Å². The number of carbonyl (C=O) groups excluding carboxylic acids is 1. The predicted molar refractivity (Wildman–Crippen MR) is 119 cm³/mol. The van der Waals surface area contributed by atoms with Gasteiger partial charge in [0.2, 0.25) is 0 Å². The van der Waals surface area contributed by atoms with E-state index in [-0.39, 0.29) is 5.91 Å². The summed E-state index contributed by atoms with van der Waals surface area (Å²) in [7, 11) is 1.59. The van der Waals surface area contributed by atoms with Crippen molar-refractivity contribution in [1.82, 2.24) is 9.88 Å². The Bertz CT molecular complexity index is 1040. The SMILES string of the molecule is CCN(CC)c1ccnc2sc(C(=O)N(C=N)/C3=C/C=C=C(OC)/C=C\C3)cc12. The van der Waals surface area contributed by atoms with Crippen LogP contribution in [0.3, 0.4) is 0 Å². The van der Waals surface area contributed by atoms with Gasteiger partial charge in [-0.25, -0.2) is 4.98 Å². The number of aromatic nitrogens is 1. The molecule has 7 heteroatoms. The molecule has 0 atom stereocenters. The second kappa shape index (κ2) is 9.37. The molecule has 1 N–H and O–H groups in total. The lowest BCUT2D eigenvalue weighted by molar-refractivity contribution is 0.0884. The van der Waals surface area contributed by atoms with Crippen LogP contribution >= 0.6 is 11.3 Å². The number of fused-ring (bicyclic) bond motifs is 1. The molecule has 0 aromatic carbocycles. The summed E-state index contributed by atoms with van der Waals surface area (Å²) in [5.74, 6) is 0.380. The highest BCUT2D eigenvalue weighted by atomic mass is 32.1. The van der Waals surface area contributed by atoms with E-state index in [9.17, 15) is 4.79 Å². The van der Waals surface area contributed by atoms with Gasteiger partial charge in [0, 0.05) is 42.5 Å². The quantitative estimate of drug-likeness (QED) is 0.409. The molecular formula is C22H24N4O2S. The van der Waals surface area contributed by atoms with E-state index < -0.39 is 0 Å². The lowest BCUT2D eigenvalue weighted by atomic mass is 10.2. The smallest absolute Gasteiger partial charge is 0.273 e. The maximum absolute atomic E-state index is 13.2. The van der Waals surface area contributed by atoms with Gasteiger partial charge in [-0.2, -0.15) is 0 Å². The van der Waals surface area contributed by atoms with Crippen LogP contribution in [-0.4, -0.2) is 42.3 Å². The first-order valence-corrected chi connectivity index (χ1v) is 10.3. The Morgan fingerprint density at radius 2 is 2.21 bits per heavy atom. The standard InChI is InChI=1S/C22H24N4O2S/c1-4-25(5-2)19-12-13-24-21-18(19)14-20(29-21)22(27)26(15-23)16-8-6-10-17(28-3)11-7-9-16/h6-8,11-15,23H,4-5,9H2,1-3H3/b11-7-,16-8+,23-15?. The van der Waals surface area contributed by atoms with Crippen LogP contribution in [0.1, 0.15) is 29.9 Å². The summed E-state index contributed by atoms with van der Waals surface area (Å²) in [4.78, 5) is 22.6. The number of carbonyl (C=O) groups is 1. The Kier molecular flexibility index (Phi) is 6.65. The van der Waals surface area contributed by atoms with Crippen molar-refractivity contribution >= 4 is 39.5 Å². The van der Waals surface area contributed by atoms with Gasteiger partial charge in [-0.3, -0.25) is 15.1 Å². The Hall–Kier alpha value is -3.15. The molecule has 0 saturated heterocycles. The number of thiophene rings is 1. The molecule has 0 aliphatic heterocycles. The van der Waals surface area contributed by atoms with Gasteiger partial charge >= 0.3 is 0 Å². The molecule has 1 amide bonds. The summed E-state index contributed by atoms with van der Waals surface area (Å²) in [6.07, 6.45) is 10.5. The van der Waals surface area contributed by atoms with Crippen molar-refractivity contribution in [1.29, 1.82) is 5.41 Å². The number of ether oxygens (including phenoxy) is 1. The van der Waals surface area contributed by atoms with E-state index in [0.29, 0.717) is 22.8 Å². The van der Waals surface area contributed by atoms with E-state index in [1.807, 2.05) is 18.2 Å². The minimum Gasteiger partial charge on any atom is -0.489 e. The minimum atomic E-state index is -0.238. The third kappa shape index (κ3) is 4.31. The molecule has 2 aromatic rings. The molecule has 150 valence electrons. The first-order valence-electron chi connectivity index (χ1n) is 9.46. The largest absolute Gasteiger partial charge is 0.489 e. The second-order valence-corrected chi connectivity index (χ2v) is 7.31. The van der Waals surface area contributed by atoms with Crippen LogP contribution in [-0.2, 0) is 4.74 Å². The van der Waals surface area contributed by atoms with E-state index in [2.05, 4.69) is 29.5 Å². The van der Waals surface area contributed by atoms with Crippen LogP contribution in [0.5, 0.6) is 0 Å². The first kappa shape index (κ1) is 20.6. The van der Waals surface area contributed by atoms with Gasteiger partial charge in [0.1, 0.15) is 4.83 Å². The molecule has 1 aliphatic rings. The van der Waals surface area contributed by atoms with Crippen molar-refractivity contribution < 1.29 is 9.53 Å². The summed E-state index contributed by atoms with van der Waals surface area (Å²) in [6, 6.07) is 3.87. The summed E-state index contributed by atoms with van der Waals surface area (Å²) >= 11 is 1.35. The minimum absolute atomic E-state index is 0.238. The van der Waals surface area contributed by atoms with Crippen molar-refractivity contribution in [2.45, 2.75) is 20.3 Å². The zero-order chi connectivity index (χ0) is 20.8. The zero-order valence-corrected chi connectivity index (χ0v) is 17.6. The van der Waals surface area contributed by atoms with E-state index in [1.54, 1.807) is 31.5 Å². The van der Waals surface area contributed by atoms with Crippen LogP contribution in [0.4, 0.5) is 5.69 Å². The maximum atomic E-state index is 13.2. The molecule has 1 aliphatic carbocycles. The number of anilines is 1. The number of amides is 1. The Morgan fingerprint density at radius 3 is 2.90 bits per heavy atom. The average molecular weight is 409 g/mol. The Balaban J connectivity index is 1.97. The first-order chi connectivity index (χ1) is 14.1. The third-order valence-electron chi connectivity index (χ3n) is 4.70. The maximum Gasteiger partial charge on any atom is 0.273 e. The highest BCUT2D eigenvalue weighted by Crippen LogP contribution is 2.33. The van der Waals surface area contributed by atoms with Gasteiger partial charge in [0.25, 0.3) is 5.91 Å². The van der Waals surface area contributed by atoms with Crippen LogP contribution in [0.2, 0.25) is 0 Å². The average Bonchev–Trinajstić information content (AvgIpc) is 3.16. The van der Waals surface area contributed by atoms with Gasteiger partial charge in [-0.1, -0.05) is 11.8 Å². The zero-order valence-electron chi connectivity index (χ0n) is 16.8. The molecule has 2 heterocycles. The normalized spacial score (nSPS) is 16.2. The number of allylic oxidation sites excluding steroid dienone is 3. The predicted octanol–water partition coefficient (Wildman–Crippen LogP) is 4.72. The number of hydrogen-bond acceptors (Lipinski definition) is 6. The van der Waals surface area contributed by atoms with Crippen LogP contribution in [0, 0.1) is 5.41 Å². The molecule has 2 aromatic heterocycles. The summed E-state index contributed by atoms with van der Waals surface area (Å²) in [5.41, 5.74) is 4.76. The van der Waals surface area contributed by atoms with Crippen molar-refractivity contribution in [2.75, 3.05) is 25.1 Å². The second-order valence-electron chi connectivity index (χ2n) is 6.28. The highest BCUT2D eigenvalue weighted by Gasteiger charge is 2.21. The van der Waals surface area contributed by atoms with Gasteiger partial charge in [0.15, 0.2) is 5.76 Å². The monoisotopic (exact) mass is 408 g/mol. The fourth-order valence-electron chi connectivity index (χ4n) is 3.19. The number of hydrogen-bond donors (Lipinski definition) is 1. The summed E-state index contributed by atoms with van der Waals surface area (Å²) in [5, 5.41) is 8.78. The van der Waals surface area contributed by atoms with Gasteiger partial charge < -0.3 is 9.64 Å². The fraction of sp³-hybridized carbons (Fsp3) is 0.273. The molecule has 0 fully saturated rings. The van der Waals surface area contributed by atoms with Crippen LogP contribution in [0.25, 0.3) is 10.2 Å². The summed E-state index contributed by atoms with van der Waals surface area (Å²) < 4.78 is 5.17. The Labute approximate surface area is 174 Å². The number of rotatable bonds is 7. The van der Waals surface area contributed by atoms with Gasteiger partial charge in [-0.05, 0) is 44.2 Å². The lowest BCUT2D eigenvalue weighted by Crippen LogP contribution is -2.28. The molecule has 29 heavy (non-hydrogen) atoms. The van der Waals surface area contributed by atoms with Crippen molar-refractivity contribution in [3.8, 4) is 0 Å². The van der Waals surface area contributed by atoms with Crippen LogP contribution in [0.15, 0.2) is 59.8 Å². The Morgan fingerprint density at radius 1 is 1.41 bits per heavy atom. The lowest BCUT2D eigenvalue weighted by Gasteiger charge is -2.21. The van der Waals surface area contributed by atoms with E-state index in [0.717, 1.165) is 35.3 Å². The van der Waals surface area contributed by atoms with Crippen molar-refractivity contribution in [2.24, 2.45) is 0 Å². The number of methoxy groups -OCH3 is 1. The van der Waals surface area contributed by atoms with Gasteiger partial charge in [-0.15, -0.1) is 11.3 Å². The molecule has 3 rings (SSSR count). The third-order valence-corrected chi connectivity index (χ3v) is 5.73. The summed E-state index contributed by atoms with van der Waals surface area (Å²) in [6.45, 7) is 5.97. The molecule has 0 unspecified atom stereocenters. The molecule has 0 spiro atoms. The topological polar surface area (TPSA) is 69.5 Å². The molecule has 0 saturated carbocycles. The fourth-order valence-corrected chi connectivity index (χ4v) is 4.15. The number of nitrogens with zero attached hydrogens (tertiary/aromatic N) is 3. The highest BCUT2D eigenvalue weighted by molar-refractivity contribution is 7.20. The van der Waals surface area contributed by atoms with Crippen LogP contribution < -0.4 is 4.90 Å². The van der Waals surface area contributed by atoms with Crippen molar-refractivity contribution in [3.05, 3.63) is 64.7 Å². The molecular weight excluding hydrogens is 384 g/mol. The van der Waals surface area contributed by atoms with E-state index in [4.69, 9.17) is 10.1 Å². The van der Waals surface area contributed by atoms with E-state index >= 15 is 0 Å². The van der Waals surface area contributed by atoms with E-state index in [1.165, 1.54) is 16.2 Å². The molecule has 0 radical (unpaired) electrons. The number of nitrogens with one attached hydrogen (secondary N) is 1. The number of pyridine rings is 1.